The van der Waals surface area contributed by atoms with E-state index in [-0.39, 0.29) is 31.2 Å². The number of esters is 2. The number of rotatable bonds is 13. The number of Topliss-reactive ketones (excluding diaryl/α,β-unsaturated/α-hetero) is 2. The molecule has 1 aromatic rings. The molecule has 0 unspecified atom stereocenters. The van der Waals surface area contributed by atoms with Crippen molar-refractivity contribution < 1.29 is 48.5 Å². The third kappa shape index (κ3) is 5.26. The third-order valence-corrected chi connectivity index (χ3v) is 6.56. The third-order valence-electron chi connectivity index (χ3n) is 6.56. The lowest BCUT2D eigenvalue weighted by atomic mass is 9.82. The molecule has 1 rings (SSSR count). The van der Waals surface area contributed by atoms with E-state index in [1.54, 1.807) is 6.92 Å². The summed E-state index contributed by atoms with van der Waals surface area (Å²) >= 11 is 0. The molecule has 0 aliphatic heterocycles. The fraction of sp³-hybridized carbons (Fsp3) is 0.520. The quantitative estimate of drug-likeness (QED) is 0.181. The van der Waals surface area contributed by atoms with Gasteiger partial charge in [0.25, 0.3) is 5.78 Å². The smallest absolute Gasteiger partial charge is 0.382 e. The van der Waals surface area contributed by atoms with E-state index < -0.39 is 52.1 Å². The van der Waals surface area contributed by atoms with Gasteiger partial charge in [-0.2, -0.15) is 0 Å². The van der Waals surface area contributed by atoms with Crippen LogP contribution in [0.15, 0.2) is 24.3 Å². The number of ketones is 2. The van der Waals surface area contributed by atoms with Gasteiger partial charge in [0.05, 0.1) is 0 Å². The first-order valence-corrected chi connectivity index (χ1v) is 11.3. The summed E-state index contributed by atoms with van der Waals surface area (Å²) in [5.41, 5.74) is -3.69. The predicted octanol–water partition coefficient (Wildman–Crippen LogP) is 3.33. The van der Waals surface area contributed by atoms with Crippen molar-refractivity contribution >= 4 is 35.4 Å². The van der Waals surface area contributed by atoms with E-state index in [1.807, 2.05) is 0 Å². The van der Waals surface area contributed by atoms with Crippen LogP contribution in [0.4, 0.5) is 0 Å². The van der Waals surface area contributed by atoms with Crippen molar-refractivity contribution in [3.8, 4) is 0 Å². The van der Waals surface area contributed by atoms with Gasteiger partial charge in [-0.05, 0) is 32.6 Å². The second-order valence-corrected chi connectivity index (χ2v) is 8.34. The number of hydrogen-bond acceptors (Lipinski definition) is 8. The lowest BCUT2D eigenvalue weighted by molar-refractivity contribution is -0.223. The summed E-state index contributed by atoms with van der Waals surface area (Å²) in [5.74, 6) is -11.7. The fourth-order valence-corrected chi connectivity index (χ4v) is 3.63. The molecule has 0 amide bonds. The second-order valence-electron chi connectivity index (χ2n) is 8.34. The zero-order chi connectivity index (χ0) is 27.2. The van der Waals surface area contributed by atoms with Crippen LogP contribution in [0.3, 0.4) is 0 Å². The number of carboxylic acids is 2. The molecule has 0 spiro atoms. The van der Waals surface area contributed by atoms with Crippen molar-refractivity contribution in [2.75, 3.05) is 0 Å². The lowest BCUT2D eigenvalue weighted by Gasteiger charge is -2.35. The van der Waals surface area contributed by atoms with Gasteiger partial charge >= 0.3 is 29.7 Å². The lowest BCUT2D eigenvalue weighted by Crippen LogP contribution is -2.58. The minimum Gasteiger partial charge on any atom is -0.480 e. The molecule has 10 heteroatoms. The van der Waals surface area contributed by atoms with E-state index in [2.05, 4.69) is 0 Å². The molecule has 0 radical (unpaired) electrons. The van der Waals surface area contributed by atoms with E-state index in [1.165, 1.54) is 52.0 Å². The molecule has 0 aliphatic rings. The Kier molecular flexibility index (Phi) is 9.47. The first-order chi connectivity index (χ1) is 16.2. The minimum absolute atomic E-state index is 0.172. The summed E-state index contributed by atoms with van der Waals surface area (Å²) in [5, 5.41) is 19.4. The Hall–Kier alpha value is -3.56. The molecule has 10 nitrogen and oxygen atoms in total. The molecule has 0 aromatic heterocycles. The molecule has 0 atom stereocenters. The molecule has 0 aliphatic carbocycles. The topological polar surface area (TPSA) is 161 Å². The van der Waals surface area contributed by atoms with Crippen molar-refractivity contribution in [3.05, 3.63) is 35.4 Å². The van der Waals surface area contributed by atoms with Crippen molar-refractivity contribution in [1.82, 2.24) is 0 Å². The van der Waals surface area contributed by atoms with Gasteiger partial charge in [-0.25, -0.2) is 0 Å². The summed E-state index contributed by atoms with van der Waals surface area (Å²) < 4.78 is 10.5. The Morgan fingerprint density at radius 3 is 1.31 bits per heavy atom. The van der Waals surface area contributed by atoms with Crippen molar-refractivity contribution in [3.63, 3.8) is 0 Å². The highest BCUT2D eigenvalue weighted by molar-refractivity contribution is 6.18. The number of carboxylic acid groups (broad SMARTS) is 2. The molecule has 0 bridgehead atoms. The standard InChI is InChI=1S/C25H32O10/c1-7-23(8-2,19(28)29)21(32)34-25(16(6)26,18(27)17-13-11-15(5)12-14-17)35-22(33)24(9-3,10-4)20(30)31/h11-14H,7-10H2,1-6H3,(H,28,29)(H,30,31). The van der Waals surface area contributed by atoms with Crippen molar-refractivity contribution in [1.29, 1.82) is 0 Å². The van der Waals surface area contributed by atoms with E-state index >= 15 is 0 Å². The number of ether oxygens (including phenoxy) is 2. The van der Waals surface area contributed by atoms with Crippen molar-refractivity contribution in [2.45, 2.75) is 73.0 Å². The van der Waals surface area contributed by atoms with Gasteiger partial charge in [-0.3, -0.25) is 28.8 Å². The molecule has 192 valence electrons. The maximum absolute atomic E-state index is 13.6. The average molecular weight is 493 g/mol. The number of aliphatic carboxylic acids is 2. The van der Waals surface area contributed by atoms with Crippen LogP contribution in [-0.4, -0.2) is 51.4 Å². The Labute approximate surface area is 203 Å². The zero-order valence-electron chi connectivity index (χ0n) is 20.8. The van der Waals surface area contributed by atoms with Gasteiger partial charge in [-0.1, -0.05) is 57.5 Å². The summed E-state index contributed by atoms with van der Waals surface area (Å²) in [6, 6.07) is 5.68. The van der Waals surface area contributed by atoms with Gasteiger partial charge < -0.3 is 19.7 Å². The summed E-state index contributed by atoms with van der Waals surface area (Å²) in [6.07, 6.45) is -0.995. The summed E-state index contributed by atoms with van der Waals surface area (Å²) in [6.45, 7) is 8.20. The molecule has 0 heterocycles. The van der Waals surface area contributed by atoms with Crippen LogP contribution < -0.4 is 0 Å². The van der Waals surface area contributed by atoms with E-state index in [9.17, 15) is 39.0 Å². The fourth-order valence-electron chi connectivity index (χ4n) is 3.63. The minimum atomic E-state index is -3.22. The number of benzene rings is 1. The van der Waals surface area contributed by atoms with Crippen LogP contribution in [0.1, 0.15) is 76.2 Å². The average Bonchev–Trinajstić information content (AvgIpc) is 2.80. The Morgan fingerprint density at radius 2 is 1.06 bits per heavy atom. The summed E-state index contributed by atoms with van der Waals surface area (Å²) in [7, 11) is 0. The van der Waals surface area contributed by atoms with Gasteiger partial charge in [0, 0.05) is 12.5 Å². The Morgan fingerprint density at radius 1 is 0.714 bits per heavy atom. The largest absolute Gasteiger partial charge is 0.480 e. The number of carbonyl (C=O) groups excluding carboxylic acids is 4. The summed E-state index contributed by atoms with van der Waals surface area (Å²) in [4.78, 5) is 76.7. The zero-order valence-corrected chi connectivity index (χ0v) is 20.8. The molecular weight excluding hydrogens is 460 g/mol. The van der Waals surface area contributed by atoms with Crippen LogP contribution in [0, 0.1) is 17.8 Å². The number of carbonyl (C=O) groups is 6. The predicted molar refractivity (Wildman–Crippen MR) is 122 cm³/mol. The maximum atomic E-state index is 13.6. The van der Waals surface area contributed by atoms with Crippen LogP contribution >= 0.6 is 0 Å². The maximum Gasteiger partial charge on any atom is 0.382 e. The van der Waals surface area contributed by atoms with Crippen LogP contribution in [-0.2, 0) is 33.4 Å². The SMILES string of the molecule is CCC(CC)(C(=O)O)C(=O)OC(OC(=O)C(CC)(CC)C(=O)O)(C(C)=O)C(=O)c1ccc(C)cc1. The van der Waals surface area contributed by atoms with Crippen LogP contribution in [0.5, 0.6) is 0 Å². The van der Waals surface area contributed by atoms with E-state index in [4.69, 9.17) is 9.47 Å². The highest BCUT2D eigenvalue weighted by Gasteiger charge is 2.59. The van der Waals surface area contributed by atoms with Gasteiger partial charge in [-0.15, -0.1) is 0 Å². The molecular formula is C25H32O10. The molecule has 0 fully saturated rings. The van der Waals surface area contributed by atoms with Gasteiger partial charge in [0.1, 0.15) is 0 Å². The molecule has 1 aromatic carbocycles. The van der Waals surface area contributed by atoms with Gasteiger partial charge in [0.15, 0.2) is 10.8 Å². The first kappa shape index (κ1) is 29.5. The van der Waals surface area contributed by atoms with E-state index in [0.717, 1.165) is 12.5 Å². The second kappa shape index (κ2) is 11.2. The molecule has 35 heavy (non-hydrogen) atoms. The molecule has 0 saturated heterocycles. The monoisotopic (exact) mass is 492 g/mol. The van der Waals surface area contributed by atoms with E-state index in [0.29, 0.717) is 0 Å². The van der Waals surface area contributed by atoms with Crippen LogP contribution in [0.2, 0.25) is 0 Å². The normalized spacial score (nSPS) is 11.9. The molecule has 2 N–H and O–H groups in total. The number of hydrogen-bond donors (Lipinski definition) is 2. The highest BCUT2D eigenvalue weighted by Crippen LogP contribution is 2.36. The van der Waals surface area contributed by atoms with Crippen molar-refractivity contribution in [2.24, 2.45) is 10.8 Å². The van der Waals surface area contributed by atoms with Gasteiger partial charge in [0.2, 0.25) is 5.78 Å². The first-order valence-electron chi connectivity index (χ1n) is 11.3. The number of aryl methyl sites for hydroxylation is 1. The Balaban J connectivity index is 3.82. The highest BCUT2D eigenvalue weighted by atomic mass is 16.7. The Bertz CT molecular complexity index is 954. The van der Waals surface area contributed by atoms with Crippen LogP contribution in [0.25, 0.3) is 0 Å². The molecule has 0 saturated carbocycles.